The van der Waals surface area contributed by atoms with Crippen LogP contribution in [0.25, 0.3) is 22.2 Å². The second kappa shape index (κ2) is 7.07. The number of rotatable bonds is 4. The van der Waals surface area contributed by atoms with E-state index in [1.165, 1.54) is 0 Å². The van der Waals surface area contributed by atoms with Gasteiger partial charge in [-0.1, -0.05) is 48.5 Å². The summed E-state index contributed by atoms with van der Waals surface area (Å²) >= 11 is 0. The van der Waals surface area contributed by atoms with Crippen LogP contribution < -0.4 is 5.32 Å². The van der Waals surface area contributed by atoms with Gasteiger partial charge in [0.05, 0.1) is 11.3 Å². The summed E-state index contributed by atoms with van der Waals surface area (Å²) in [6.45, 7) is 0. The van der Waals surface area contributed by atoms with Gasteiger partial charge in [-0.25, -0.2) is 0 Å². The van der Waals surface area contributed by atoms with Crippen LogP contribution in [0.15, 0.2) is 54.6 Å². The summed E-state index contributed by atoms with van der Waals surface area (Å²) in [5.41, 5.74) is 3.76. The quantitative estimate of drug-likeness (QED) is 0.694. The topological polar surface area (TPSA) is 54.3 Å². The molecule has 3 aromatic rings. The van der Waals surface area contributed by atoms with Crippen molar-refractivity contribution in [3.8, 4) is 11.3 Å². The highest BCUT2D eigenvalue weighted by Gasteiger charge is 2.40. The molecule has 2 saturated heterocycles. The molecule has 1 aromatic heterocycles. The molecule has 0 saturated carbocycles. The summed E-state index contributed by atoms with van der Waals surface area (Å²) in [5.74, 6) is -0.0235. The van der Waals surface area contributed by atoms with E-state index in [1.807, 2.05) is 60.5 Å². The summed E-state index contributed by atoms with van der Waals surface area (Å²) < 4.78 is 2.11. The fourth-order valence-electron chi connectivity index (χ4n) is 5.32. The molecule has 148 valence electrons. The Morgan fingerprint density at radius 3 is 2.34 bits per heavy atom. The molecule has 29 heavy (non-hydrogen) atoms. The number of nitrogens with zero attached hydrogens (tertiary/aromatic N) is 2. The lowest BCUT2D eigenvalue weighted by Gasteiger charge is -2.36. The van der Waals surface area contributed by atoms with Gasteiger partial charge in [-0.05, 0) is 37.3 Å². The van der Waals surface area contributed by atoms with Crippen LogP contribution in [0, 0.1) is 0 Å². The number of carbonyl (C=O) groups is 2. The first-order chi connectivity index (χ1) is 14.2. The number of amides is 2. The standard InChI is InChI=1S/C24H25N3O2/c1-26-21-10-6-5-9-20(21)22(23(26)16-7-3-2-4-8-16)24(29)25-17-13-18-11-12-19(14-17)27(18)15-28/h2-10,15,17-19H,11-14H2,1H3,(H,25,29)/t17-,18+,19-. The molecule has 0 spiro atoms. The number of nitrogens with one attached hydrogen (secondary N) is 1. The third-order valence-corrected chi connectivity index (χ3v) is 6.63. The minimum atomic E-state index is -0.0235. The Labute approximate surface area is 170 Å². The minimum Gasteiger partial charge on any atom is -0.349 e. The molecular weight excluding hydrogens is 362 g/mol. The monoisotopic (exact) mass is 387 g/mol. The van der Waals surface area contributed by atoms with Crippen molar-refractivity contribution in [3.05, 3.63) is 60.2 Å². The zero-order chi connectivity index (χ0) is 20.0. The Morgan fingerprint density at radius 1 is 1.00 bits per heavy atom. The van der Waals surface area contributed by atoms with Gasteiger partial charge < -0.3 is 14.8 Å². The van der Waals surface area contributed by atoms with Crippen LogP contribution in [-0.2, 0) is 11.8 Å². The SMILES string of the molecule is Cn1c(-c2ccccc2)c(C(=O)N[C@H]2C[C@H]3CC[C@@H](C2)N3C=O)c2ccccc21. The zero-order valence-electron chi connectivity index (χ0n) is 16.5. The Balaban J connectivity index is 1.51. The van der Waals surface area contributed by atoms with Crippen LogP contribution in [0.2, 0.25) is 0 Å². The number of aromatic nitrogens is 1. The molecule has 1 N–H and O–H groups in total. The van der Waals surface area contributed by atoms with E-state index in [0.717, 1.165) is 59.8 Å². The van der Waals surface area contributed by atoms with Crippen molar-refractivity contribution >= 4 is 23.2 Å². The molecule has 0 aliphatic carbocycles. The van der Waals surface area contributed by atoms with Crippen LogP contribution in [0.1, 0.15) is 36.0 Å². The van der Waals surface area contributed by atoms with Crippen LogP contribution in [0.3, 0.4) is 0 Å². The van der Waals surface area contributed by atoms with Gasteiger partial charge in [0.15, 0.2) is 0 Å². The number of hydrogen-bond acceptors (Lipinski definition) is 2. The average molecular weight is 387 g/mol. The van der Waals surface area contributed by atoms with E-state index in [4.69, 9.17) is 0 Å². The highest BCUT2D eigenvalue weighted by molar-refractivity contribution is 6.12. The van der Waals surface area contributed by atoms with Gasteiger partial charge in [0.2, 0.25) is 6.41 Å². The fraction of sp³-hybridized carbons (Fsp3) is 0.333. The molecule has 5 heteroatoms. The molecule has 2 amide bonds. The third-order valence-electron chi connectivity index (χ3n) is 6.63. The molecule has 0 unspecified atom stereocenters. The molecular formula is C24H25N3O2. The van der Waals surface area contributed by atoms with Gasteiger partial charge in [-0.15, -0.1) is 0 Å². The molecule has 2 aromatic carbocycles. The molecule has 2 bridgehead atoms. The van der Waals surface area contributed by atoms with E-state index in [9.17, 15) is 9.59 Å². The molecule has 5 nitrogen and oxygen atoms in total. The molecule has 3 heterocycles. The molecule has 0 radical (unpaired) electrons. The van der Waals surface area contributed by atoms with E-state index >= 15 is 0 Å². The van der Waals surface area contributed by atoms with Crippen LogP contribution in [0.5, 0.6) is 0 Å². The smallest absolute Gasteiger partial charge is 0.254 e. The second-order valence-electron chi connectivity index (χ2n) is 8.25. The van der Waals surface area contributed by atoms with Crippen LogP contribution >= 0.6 is 0 Å². The van der Waals surface area contributed by atoms with Gasteiger partial charge in [-0.3, -0.25) is 9.59 Å². The van der Waals surface area contributed by atoms with Crippen LogP contribution in [-0.4, -0.2) is 39.9 Å². The maximum absolute atomic E-state index is 13.5. The number of fused-ring (bicyclic) bond motifs is 3. The van der Waals surface area contributed by atoms with Crippen molar-refractivity contribution in [2.45, 2.75) is 43.8 Å². The average Bonchev–Trinajstić information content (AvgIpc) is 3.19. The summed E-state index contributed by atoms with van der Waals surface area (Å²) in [5, 5.41) is 4.27. The third kappa shape index (κ3) is 2.92. The lowest BCUT2D eigenvalue weighted by Crippen LogP contribution is -2.49. The van der Waals surface area contributed by atoms with E-state index in [1.54, 1.807) is 0 Å². The van der Waals surface area contributed by atoms with Crippen molar-refractivity contribution < 1.29 is 9.59 Å². The van der Waals surface area contributed by atoms with Crippen LogP contribution in [0.4, 0.5) is 0 Å². The highest BCUT2D eigenvalue weighted by atomic mass is 16.2. The zero-order valence-corrected chi connectivity index (χ0v) is 16.5. The normalized spacial score (nSPS) is 23.3. The lowest BCUT2D eigenvalue weighted by atomic mass is 9.97. The molecule has 5 rings (SSSR count). The summed E-state index contributed by atoms with van der Waals surface area (Å²) in [4.78, 5) is 26.8. The summed E-state index contributed by atoms with van der Waals surface area (Å²) in [7, 11) is 2.02. The summed E-state index contributed by atoms with van der Waals surface area (Å²) in [6, 6.07) is 18.8. The van der Waals surface area contributed by atoms with Crippen molar-refractivity contribution in [3.63, 3.8) is 0 Å². The second-order valence-corrected chi connectivity index (χ2v) is 8.25. The predicted molar refractivity (Wildman–Crippen MR) is 114 cm³/mol. The van der Waals surface area contributed by atoms with E-state index in [0.29, 0.717) is 0 Å². The number of piperidine rings is 1. The first-order valence-corrected chi connectivity index (χ1v) is 10.3. The fourth-order valence-corrected chi connectivity index (χ4v) is 5.32. The van der Waals surface area contributed by atoms with Gasteiger partial charge in [-0.2, -0.15) is 0 Å². The van der Waals surface area contributed by atoms with Crippen molar-refractivity contribution in [2.24, 2.45) is 7.05 Å². The Kier molecular flexibility index (Phi) is 4.38. The lowest BCUT2D eigenvalue weighted by molar-refractivity contribution is -0.122. The number of aryl methyl sites for hydroxylation is 1. The van der Waals surface area contributed by atoms with E-state index in [-0.39, 0.29) is 24.0 Å². The number of benzene rings is 2. The molecule has 3 atom stereocenters. The van der Waals surface area contributed by atoms with Gasteiger partial charge in [0, 0.05) is 36.1 Å². The van der Waals surface area contributed by atoms with Crippen molar-refractivity contribution in [1.82, 2.24) is 14.8 Å². The number of carbonyl (C=O) groups excluding carboxylic acids is 2. The largest absolute Gasteiger partial charge is 0.349 e. The van der Waals surface area contributed by atoms with Gasteiger partial charge >= 0.3 is 0 Å². The minimum absolute atomic E-state index is 0.0235. The van der Waals surface area contributed by atoms with E-state index in [2.05, 4.69) is 16.0 Å². The Morgan fingerprint density at radius 2 is 1.66 bits per heavy atom. The maximum Gasteiger partial charge on any atom is 0.254 e. The van der Waals surface area contributed by atoms with E-state index < -0.39 is 0 Å². The first kappa shape index (κ1) is 18.0. The molecule has 2 aliphatic rings. The Hall–Kier alpha value is -3.08. The van der Waals surface area contributed by atoms with Gasteiger partial charge in [0.25, 0.3) is 5.91 Å². The predicted octanol–water partition coefficient (Wildman–Crippen LogP) is 3.73. The first-order valence-electron chi connectivity index (χ1n) is 10.3. The molecule has 2 fully saturated rings. The van der Waals surface area contributed by atoms with Crippen molar-refractivity contribution in [2.75, 3.05) is 0 Å². The molecule has 2 aliphatic heterocycles. The Bertz CT molecular complexity index is 1060. The van der Waals surface area contributed by atoms with Crippen molar-refractivity contribution in [1.29, 1.82) is 0 Å². The van der Waals surface area contributed by atoms with Gasteiger partial charge in [0.1, 0.15) is 0 Å². The number of para-hydroxylation sites is 1. The number of hydrogen-bond donors (Lipinski definition) is 1. The maximum atomic E-state index is 13.5. The highest BCUT2D eigenvalue weighted by Crippen LogP contribution is 2.36. The summed E-state index contributed by atoms with van der Waals surface area (Å²) in [6.07, 6.45) is 4.75.